The third-order valence-corrected chi connectivity index (χ3v) is 2.45. The van der Waals surface area contributed by atoms with Gasteiger partial charge in [-0.3, -0.25) is 0 Å². The van der Waals surface area contributed by atoms with E-state index in [2.05, 4.69) is 29.8 Å². The minimum absolute atomic E-state index is 0.274. The monoisotopic (exact) mass is 219 g/mol. The molecule has 0 saturated carbocycles. The van der Waals surface area contributed by atoms with Crippen LogP contribution in [-0.4, -0.2) is 31.3 Å². The predicted octanol–water partition coefficient (Wildman–Crippen LogP) is 1.81. The van der Waals surface area contributed by atoms with Crippen LogP contribution >= 0.6 is 0 Å². The van der Waals surface area contributed by atoms with E-state index in [-0.39, 0.29) is 6.04 Å². The maximum Gasteiger partial charge on any atom is 0.128 e. The fourth-order valence-corrected chi connectivity index (χ4v) is 1.65. The summed E-state index contributed by atoms with van der Waals surface area (Å²) in [4.78, 5) is 6.42. The first kappa shape index (κ1) is 12.5. The van der Waals surface area contributed by atoms with Crippen LogP contribution < -0.4 is 4.90 Å². The van der Waals surface area contributed by atoms with Crippen LogP contribution in [0.4, 0.5) is 5.82 Å². The highest BCUT2D eigenvalue weighted by atomic mass is 16.5. The van der Waals surface area contributed by atoms with Crippen molar-refractivity contribution >= 4 is 5.82 Å². The first-order chi connectivity index (χ1) is 7.72. The van der Waals surface area contributed by atoms with E-state index in [1.54, 1.807) is 19.4 Å². The minimum atomic E-state index is 0.274. The molecule has 4 nitrogen and oxygen atoms in total. The van der Waals surface area contributed by atoms with Gasteiger partial charge < -0.3 is 9.64 Å². The van der Waals surface area contributed by atoms with E-state index < -0.39 is 0 Å². The first-order valence-corrected chi connectivity index (χ1v) is 5.34. The zero-order valence-corrected chi connectivity index (χ0v) is 9.97. The molecule has 86 valence electrons. The number of methoxy groups -OCH3 is 1. The average molecular weight is 219 g/mol. The number of aromatic nitrogens is 1. The van der Waals surface area contributed by atoms with E-state index in [4.69, 9.17) is 10.00 Å². The van der Waals surface area contributed by atoms with Crippen molar-refractivity contribution < 1.29 is 4.74 Å². The van der Waals surface area contributed by atoms with Gasteiger partial charge in [0, 0.05) is 19.9 Å². The summed E-state index contributed by atoms with van der Waals surface area (Å²) in [5, 5.41) is 8.69. The lowest BCUT2D eigenvalue weighted by atomic mass is 10.2. The summed E-state index contributed by atoms with van der Waals surface area (Å²) in [5.74, 6) is 0.881. The lowest BCUT2D eigenvalue weighted by Crippen LogP contribution is -2.36. The second-order valence-electron chi connectivity index (χ2n) is 3.61. The number of anilines is 1. The Balaban J connectivity index is 2.83. The average Bonchev–Trinajstić information content (AvgIpc) is 2.31. The molecule has 4 heteroatoms. The third kappa shape index (κ3) is 2.94. The second kappa shape index (κ2) is 6.09. The number of hydrogen-bond acceptors (Lipinski definition) is 4. The smallest absolute Gasteiger partial charge is 0.128 e. The molecular weight excluding hydrogens is 202 g/mol. The normalized spacial score (nSPS) is 11.9. The summed E-state index contributed by atoms with van der Waals surface area (Å²) in [6.07, 6.45) is 1.59. The van der Waals surface area contributed by atoms with E-state index in [0.717, 1.165) is 12.4 Å². The number of pyridine rings is 1. The van der Waals surface area contributed by atoms with E-state index in [1.807, 2.05) is 6.07 Å². The second-order valence-corrected chi connectivity index (χ2v) is 3.61. The molecule has 0 saturated heterocycles. The lowest BCUT2D eigenvalue weighted by molar-refractivity contribution is 0.181. The molecule has 0 bridgehead atoms. The maximum absolute atomic E-state index is 8.69. The summed E-state index contributed by atoms with van der Waals surface area (Å²) in [6, 6.07) is 5.98. The minimum Gasteiger partial charge on any atom is -0.383 e. The molecule has 1 aromatic rings. The Morgan fingerprint density at radius 2 is 2.31 bits per heavy atom. The Labute approximate surface area is 96.5 Å². The van der Waals surface area contributed by atoms with Gasteiger partial charge in [-0.2, -0.15) is 5.26 Å². The van der Waals surface area contributed by atoms with Crippen LogP contribution in [-0.2, 0) is 4.74 Å². The van der Waals surface area contributed by atoms with Crippen molar-refractivity contribution in [3.05, 3.63) is 23.9 Å². The Kier molecular flexibility index (Phi) is 4.74. The van der Waals surface area contributed by atoms with Crippen LogP contribution in [0.15, 0.2) is 18.3 Å². The Bertz CT molecular complexity index is 356. The molecular formula is C12H17N3O. The molecule has 1 atom stereocenters. The van der Waals surface area contributed by atoms with Gasteiger partial charge in [-0.25, -0.2) is 4.98 Å². The fraction of sp³-hybridized carbons (Fsp3) is 0.500. The number of rotatable bonds is 5. The van der Waals surface area contributed by atoms with Crippen molar-refractivity contribution in [2.75, 3.05) is 25.2 Å². The molecule has 0 spiro atoms. The molecule has 0 N–H and O–H groups in total. The fourth-order valence-electron chi connectivity index (χ4n) is 1.65. The molecule has 0 radical (unpaired) electrons. The van der Waals surface area contributed by atoms with Gasteiger partial charge in [0.25, 0.3) is 0 Å². The summed E-state index contributed by atoms with van der Waals surface area (Å²) in [7, 11) is 1.69. The molecule has 1 heterocycles. The standard InChI is InChI=1S/C12H17N3O/c1-4-15(10(2)9-16-3)12-6-5-11(7-13)8-14-12/h5-6,8,10H,4,9H2,1-3H3. The van der Waals surface area contributed by atoms with Crippen molar-refractivity contribution in [2.24, 2.45) is 0 Å². The van der Waals surface area contributed by atoms with Gasteiger partial charge in [-0.05, 0) is 26.0 Å². The van der Waals surface area contributed by atoms with Crippen LogP contribution in [0.5, 0.6) is 0 Å². The number of nitrogens with zero attached hydrogens (tertiary/aromatic N) is 3. The maximum atomic E-state index is 8.69. The molecule has 0 aliphatic rings. The molecule has 0 fully saturated rings. The topological polar surface area (TPSA) is 49.2 Å². The quantitative estimate of drug-likeness (QED) is 0.758. The van der Waals surface area contributed by atoms with Crippen LogP contribution in [0.3, 0.4) is 0 Å². The highest BCUT2D eigenvalue weighted by Crippen LogP contribution is 2.14. The molecule has 0 aliphatic carbocycles. The van der Waals surface area contributed by atoms with E-state index >= 15 is 0 Å². The number of likely N-dealkylation sites (N-methyl/N-ethyl adjacent to an activating group) is 1. The highest BCUT2D eigenvalue weighted by molar-refractivity contribution is 5.42. The van der Waals surface area contributed by atoms with Crippen LogP contribution in [0, 0.1) is 11.3 Å². The van der Waals surface area contributed by atoms with Crippen LogP contribution in [0.25, 0.3) is 0 Å². The van der Waals surface area contributed by atoms with Crippen molar-refractivity contribution in [1.82, 2.24) is 4.98 Å². The zero-order chi connectivity index (χ0) is 12.0. The summed E-state index contributed by atoms with van der Waals surface area (Å²) >= 11 is 0. The van der Waals surface area contributed by atoms with Gasteiger partial charge in [0.1, 0.15) is 11.9 Å². The SMILES string of the molecule is CCN(c1ccc(C#N)cn1)C(C)COC. The molecule has 1 rings (SSSR count). The Morgan fingerprint density at radius 1 is 1.56 bits per heavy atom. The zero-order valence-electron chi connectivity index (χ0n) is 9.97. The molecule has 16 heavy (non-hydrogen) atoms. The molecule has 0 aromatic carbocycles. The molecule has 0 aliphatic heterocycles. The van der Waals surface area contributed by atoms with Crippen LogP contribution in [0.1, 0.15) is 19.4 Å². The molecule has 0 amide bonds. The predicted molar refractivity (Wildman–Crippen MR) is 63.3 cm³/mol. The van der Waals surface area contributed by atoms with Gasteiger partial charge in [0.05, 0.1) is 18.2 Å². The first-order valence-electron chi connectivity index (χ1n) is 5.34. The van der Waals surface area contributed by atoms with Gasteiger partial charge in [-0.15, -0.1) is 0 Å². The highest BCUT2D eigenvalue weighted by Gasteiger charge is 2.13. The number of nitriles is 1. The van der Waals surface area contributed by atoms with Crippen molar-refractivity contribution in [1.29, 1.82) is 5.26 Å². The lowest BCUT2D eigenvalue weighted by Gasteiger charge is -2.28. The molecule has 1 aromatic heterocycles. The van der Waals surface area contributed by atoms with E-state index in [9.17, 15) is 0 Å². The largest absolute Gasteiger partial charge is 0.383 e. The third-order valence-electron chi connectivity index (χ3n) is 2.45. The van der Waals surface area contributed by atoms with Crippen molar-refractivity contribution in [3.8, 4) is 6.07 Å². The van der Waals surface area contributed by atoms with E-state index in [0.29, 0.717) is 12.2 Å². The van der Waals surface area contributed by atoms with Gasteiger partial charge in [0.15, 0.2) is 0 Å². The van der Waals surface area contributed by atoms with Gasteiger partial charge in [0.2, 0.25) is 0 Å². The number of ether oxygens (including phenoxy) is 1. The van der Waals surface area contributed by atoms with Crippen LogP contribution in [0.2, 0.25) is 0 Å². The number of hydrogen-bond donors (Lipinski definition) is 0. The summed E-state index contributed by atoms with van der Waals surface area (Å²) < 4.78 is 5.13. The summed E-state index contributed by atoms with van der Waals surface area (Å²) in [5.41, 5.74) is 0.583. The van der Waals surface area contributed by atoms with E-state index in [1.165, 1.54) is 0 Å². The summed E-state index contributed by atoms with van der Waals surface area (Å²) in [6.45, 7) is 5.69. The Hall–Kier alpha value is -1.60. The Morgan fingerprint density at radius 3 is 2.75 bits per heavy atom. The van der Waals surface area contributed by atoms with Gasteiger partial charge in [-0.1, -0.05) is 0 Å². The van der Waals surface area contributed by atoms with Gasteiger partial charge >= 0.3 is 0 Å². The molecule has 1 unspecified atom stereocenters. The van der Waals surface area contributed by atoms with Crippen molar-refractivity contribution in [2.45, 2.75) is 19.9 Å². The van der Waals surface area contributed by atoms with Crippen molar-refractivity contribution in [3.63, 3.8) is 0 Å².